The van der Waals surface area contributed by atoms with Gasteiger partial charge in [-0.1, -0.05) is 24.3 Å². The molecule has 0 saturated carbocycles. The maximum atomic E-state index is 13.3. The first-order valence-electron chi connectivity index (χ1n) is 10.4. The standard InChI is InChI=1S/C24H22FN5O/c25-19-9-11-20(12-10-19)30-22-8-3-7-21(22)23(28-30)24(31)26-15-17-5-1-2-6-18(17)16-29-14-4-13-27-29/h1-2,4-6,9-14H,3,7-8,15-16H2,(H,26,31). The Morgan fingerprint density at radius 3 is 2.61 bits per heavy atom. The van der Waals surface area contributed by atoms with Crippen molar-refractivity contribution in [3.05, 3.63) is 101 Å². The SMILES string of the molecule is O=C(NCc1ccccc1Cn1cccn1)c1nn(-c2ccc(F)cc2)c2c1CCC2. The summed E-state index contributed by atoms with van der Waals surface area (Å²) in [4.78, 5) is 13.0. The molecule has 0 aliphatic heterocycles. The van der Waals surface area contributed by atoms with Gasteiger partial charge in [0.15, 0.2) is 5.69 Å². The van der Waals surface area contributed by atoms with E-state index in [0.29, 0.717) is 18.8 Å². The van der Waals surface area contributed by atoms with E-state index in [1.54, 1.807) is 23.0 Å². The molecular formula is C24H22FN5O. The molecule has 0 bridgehead atoms. The van der Waals surface area contributed by atoms with Crippen LogP contribution < -0.4 is 5.32 Å². The quantitative estimate of drug-likeness (QED) is 0.523. The Kier molecular flexibility index (Phi) is 5.08. The monoisotopic (exact) mass is 415 g/mol. The van der Waals surface area contributed by atoms with Gasteiger partial charge in [-0.25, -0.2) is 9.07 Å². The first-order chi connectivity index (χ1) is 15.2. The minimum absolute atomic E-state index is 0.187. The molecule has 1 amide bonds. The number of halogens is 1. The Morgan fingerprint density at radius 1 is 1.03 bits per heavy atom. The van der Waals surface area contributed by atoms with E-state index in [0.717, 1.165) is 47.3 Å². The fraction of sp³-hybridized carbons (Fsp3) is 0.208. The topological polar surface area (TPSA) is 64.7 Å². The molecule has 1 aliphatic carbocycles. The largest absolute Gasteiger partial charge is 0.347 e. The average Bonchev–Trinajstić information content (AvgIpc) is 3.52. The number of fused-ring (bicyclic) bond motifs is 1. The van der Waals surface area contributed by atoms with Gasteiger partial charge in [0.25, 0.3) is 5.91 Å². The summed E-state index contributed by atoms with van der Waals surface area (Å²) in [7, 11) is 0. The van der Waals surface area contributed by atoms with Crippen molar-refractivity contribution in [3.63, 3.8) is 0 Å². The maximum absolute atomic E-state index is 13.3. The number of nitrogens with zero attached hydrogens (tertiary/aromatic N) is 4. The van der Waals surface area contributed by atoms with Crippen LogP contribution in [0.2, 0.25) is 0 Å². The van der Waals surface area contributed by atoms with Crippen LogP contribution in [0, 0.1) is 5.82 Å². The van der Waals surface area contributed by atoms with Crippen LogP contribution in [0.3, 0.4) is 0 Å². The fourth-order valence-corrected chi connectivity index (χ4v) is 4.13. The maximum Gasteiger partial charge on any atom is 0.272 e. The lowest BCUT2D eigenvalue weighted by Crippen LogP contribution is -2.25. The molecular weight excluding hydrogens is 393 g/mol. The van der Waals surface area contributed by atoms with Crippen LogP contribution in [0.5, 0.6) is 0 Å². The van der Waals surface area contributed by atoms with Crippen LogP contribution in [0.25, 0.3) is 5.69 Å². The number of rotatable bonds is 6. The minimum Gasteiger partial charge on any atom is -0.347 e. The van der Waals surface area contributed by atoms with Crippen molar-refractivity contribution >= 4 is 5.91 Å². The fourth-order valence-electron chi connectivity index (χ4n) is 4.13. The molecule has 2 aromatic carbocycles. The molecule has 6 nitrogen and oxygen atoms in total. The third-order valence-electron chi connectivity index (χ3n) is 5.67. The predicted octanol–water partition coefficient (Wildman–Crippen LogP) is 3.67. The van der Waals surface area contributed by atoms with Crippen molar-refractivity contribution in [2.24, 2.45) is 0 Å². The van der Waals surface area contributed by atoms with Gasteiger partial charge in [0.05, 0.1) is 12.2 Å². The van der Waals surface area contributed by atoms with Crippen LogP contribution in [0.4, 0.5) is 4.39 Å². The van der Waals surface area contributed by atoms with Gasteiger partial charge in [-0.3, -0.25) is 9.48 Å². The predicted molar refractivity (Wildman–Crippen MR) is 114 cm³/mol. The number of carbonyl (C=O) groups excluding carboxylic acids is 1. The van der Waals surface area contributed by atoms with Crippen molar-refractivity contribution in [1.29, 1.82) is 0 Å². The summed E-state index contributed by atoms with van der Waals surface area (Å²) < 4.78 is 17.0. The third-order valence-corrected chi connectivity index (χ3v) is 5.67. The first-order valence-corrected chi connectivity index (χ1v) is 10.4. The summed E-state index contributed by atoms with van der Waals surface area (Å²) in [6.45, 7) is 1.06. The van der Waals surface area contributed by atoms with Gasteiger partial charge >= 0.3 is 0 Å². The van der Waals surface area contributed by atoms with Crippen molar-refractivity contribution < 1.29 is 9.18 Å². The lowest BCUT2D eigenvalue weighted by atomic mass is 10.1. The van der Waals surface area contributed by atoms with Gasteiger partial charge in [-0.15, -0.1) is 0 Å². The summed E-state index contributed by atoms with van der Waals surface area (Å²) in [6, 6.07) is 16.1. The second kappa shape index (κ2) is 8.18. The lowest BCUT2D eigenvalue weighted by Gasteiger charge is -2.11. The van der Waals surface area contributed by atoms with E-state index in [2.05, 4.69) is 15.5 Å². The van der Waals surface area contributed by atoms with Crippen molar-refractivity contribution in [1.82, 2.24) is 24.9 Å². The number of carbonyl (C=O) groups is 1. The first kappa shape index (κ1) is 19.2. The molecule has 0 atom stereocenters. The molecule has 0 unspecified atom stereocenters. The highest BCUT2D eigenvalue weighted by Crippen LogP contribution is 2.28. The molecule has 5 rings (SSSR count). The van der Waals surface area contributed by atoms with Gasteiger partial charge in [0.1, 0.15) is 5.82 Å². The second-order valence-corrected chi connectivity index (χ2v) is 7.67. The molecule has 1 N–H and O–H groups in total. The molecule has 156 valence electrons. The molecule has 2 heterocycles. The number of hydrogen-bond donors (Lipinski definition) is 1. The van der Waals surface area contributed by atoms with Crippen molar-refractivity contribution in [3.8, 4) is 5.69 Å². The molecule has 7 heteroatoms. The van der Waals surface area contributed by atoms with E-state index in [4.69, 9.17) is 0 Å². The molecule has 0 fully saturated rings. The van der Waals surface area contributed by atoms with Gasteiger partial charge in [-0.2, -0.15) is 10.2 Å². The smallest absolute Gasteiger partial charge is 0.272 e. The lowest BCUT2D eigenvalue weighted by molar-refractivity contribution is 0.0944. The van der Waals surface area contributed by atoms with E-state index in [-0.39, 0.29) is 11.7 Å². The van der Waals surface area contributed by atoms with Crippen LogP contribution in [0.15, 0.2) is 67.0 Å². The summed E-state index contributed by atoms with van der Waals surface area (Å²) >= 11 is 0. The average molecular weight is 415 g/mol. The van der Waals surface area contributed by atoms with Gasteiger partial charge in [0.2, 0.25) is 0 Å². The number of nitrogens with one attached hydrogen (secondary N) is 1. The zero-order chi connectivity index (χ0) is 21.2. The van der Waals surface area contributed by atoms with E-state index in [1.165, 1.54) is 12.1 Å². The Morgan fingerprint density at radius 2 is 1.84 bits per heavy atom. The number of aromatic nitrogens is 4. The summed E-state index contributed by atoms with van der Waals surface area (Å²) in [5.41, 5.74) is 5.40. The Bertz CT molecular complexity index is 1210. The molecule has 0 spiro atoms. The van der Waals surface area contributed by atoms with Gasteiger partial charge in [0, 0.05) is 30.2 Å². The Hall–Kier alpha value is -3.74. The zero-order valence-corrected chi connectivity index (χ0v) is 17.0. The highest BCUT2D eigenvalue weighted by molar-refractivity contribution is 5.94. The van der Waals surface area contributed by atoms with E-state index < -0.39 is 0 Å². The van der Waals surface area contributed by atoms with Crippen molar-refractivity contribution in [2.45, 2.75) is 32.4 Å². The van der Waals surface area contributed by atoms with Crippen molar-refractivity contribution in [2.75, 3.05) is 0 Å². The molecule has 0 radical (unpaired) electrons. The third kappa shape index (κ3) is 3.86. The van der Waals surface area contributed by atoms with E-state index >= 15 is 0 Å². The summed E-state index contributed by atoms with van der Waals surface area (Å²) in [5.74, 6) is -0.479. The normalized spacial score (nSPS) is 12.7. The zero-order valence-electron chi connectivity index (χ0n) is 17.0. The number of benzene rings is 2. The number of hydrogen-bond acceptors (Lipinski definition) is 3. The molecule has 2 aromatic heterocycles. The van der Waals surface area contributed by atoms with Gasteiger partial charge < -0.3 is 5.32 Å². The van der Waals surface area contributed by atoms with Gasteiger partial charge in [-0.05, 0) is 60.7 Å². The highest BCUT2D eigenvalue weighted by Gasteiger charge is 2.27. The van der Waals surface area contributed by atoms with Crippen LogP contribution >= 0.6 is 0 Å². The summed E-state index contributed by atoms with van der Waals surface area (Å²) in [6.07, 6.45) is 6.35. The number of amides is 1. The summed E-state index contributed by atoms with van der Waals surface area (Å²) in [5, 5.41) is 11.9. The second-order valence-electron chi connectivity index (χ2n) is 7.67. The van der Waals surface area contributed by atoms with E-state index in [1.807, 2.05) is 41.2 Å². The molecule has 31 heavy (non-hydrogen) atoms. The van der Waals surface area contributed by atoms with E-state index in [9.17, 15) is 9.18 Å². The van der Waals surface area contributed by atoms with Crippen LogP contribution in [-0.2, 0) is 25.9 Å². The highest BCUT2D eigenvalue weighted by atomic mass is 19.1. The Labute approximate surface area is 179 Å². The molecule has 1 aliphatic rings. The van der Waals surface area contributed by atoms with Crippen LogP contribution in [0.1, 0.15) is 39.3 Å². The molecule has 0 saturated heterocycles. The Balaban J connectivity index is 1.36. The van der Waals surface area contributed by atoms with Crippen LogP contribution in [-0.4, -0.2) is 25.5 Å². The molecule has 4 aromatic rings. The minimum atomic E-state index is -0.292.